The SMILES string of the molecule is CCOCC(=O)NCC1CCCO1. The maximum atomic E-state index is 11.1. The second-order valence-corrected chi connectivity index (χ2v) is 3.08. The van der Waals surface area contributed by atoms with Crippen LogP contribution >= 0.6 is 0 Å². The number of amides is 1. The van der Waals surface area contributed by atoms with E-state index in [1.165, 1.54) is 0 Å². The Morgan fingerprint density at radius 3 is 3.15 bits per heavy atom. The minimum Gasteiger partial charge on any atom is -0.376 e. The van der Waals surface area contributed by atoms with Gasteiger partial charge in [-0.3, -0.25) is 4.79 Å². The molecule has 0 aromatic carbocycles. The molecule has 0 aromatic heterocycles. The predicted molar refractivity (Wildman–Crippen MR) is 48.5 cm³/mol. The van der Waals surface area contributed by atoms with Gasteiger partial charge in [-0.25, -0.2) is 0 Å². The predicted octanol–water partition coefficient (Wildman–Crippen LogP) is 0.318. The fraction of sp³-hybridized carbons (Fsp3) is 0.889. The van der Waals surface area contributed by atoms with Crippen LogP contribution in [0.3, 0.4) is 0 Å². The van der Waals surface area contributed by atoms with E-state index in [1.54, 1.807) is 0 Å². The van der Waals surface area contributed by atoms with Gasteiger partial charge in [0, 0.05) is 19.8 Å². The Bertz CT molecular complexity index is 155. The third kappa shape index (κ3) is 4.24. The minimum absolute atomic E-state index is 0.0580. The molecule has 1 aliphatic heterocycles. The normalized spacial score (nSPS) is 21.8. The summed E-state index contributed by atoms with van der Waals surface area (Å²) in [6, 6.07) is 0. The van der Waals surface area contributed by atoms with Gasteiger partial charge in [0.1, 0.15) is 6.61 Å². The van der Waals surface area contributed by atoms with E-state index in [9.17, 15) is 4.79 Å². The van der Waals surface area contributed by atoms with Crippen LogP contribution in [0.4, 0.5) is 0 Å². The lowest BCUT2D eigenvalue weighted by molar-refractivity contribution is -0.126. The number of nitrogens with one attached hydrogen (secondary N) is 1. The third-order valence-electron chi connectivity index (χ3n) is 1.99. The van der Waals surface area contributed by atoms with Crippen LogP contribution in [-0.4, -0.2) is 38.4 Å². The Balaban J connectivity index is 2.00. The second kappa shape index (κ2) is 5.94. The van der Waals surface area contributed by atoms with Crippen LogP contribution in [0, 0.1) is 0 Å². The largest absolute Gasteiger partial charge is 0.376 e. The smallest absolute Gasteiger partial charge is 0.246 e. The van der Waals surface area contributed by atoms with E-state index in [2.05, 4.69) is 5.32 Å². The zero-order valence-electron chi connectivity index (χ0n) is 8.04. The molecule has 0 aromatic rings. The van der Waals surface area contributed by atoms with Gasteiger partial charge >= 0.3 is 0 Å². The highest BCUT2D eigenvalue weighted by atomic mass is 16.5. The lowest BCUT2D eigenvalue weighted by Gasteiger charge is -2.10. The first-order chi connectivity index (χ1) is 6.33. The molecule has 1 rings (SSSR count). The summed E-state index contributed by atoms with van der Waals surface area (Å²) in [5.74, 6) is -0.0580. The van der Waals surface area contributed by atoms with E-state index in [-0.39, 0.29) is 18.6 Å². The highest BCUT2D eigenvalue weighted by Crippen LogP contribution is 2.10. The van der Waals surface area contributed by atoms with Gasteiger partial charge in [0.05, 0.1) is 6.10 Å². The van der Waals surface area contributed by atoms with E-state index in [1.807, 2.05) is 6.92 Å². The number of ether oxygens (including phenoxy) is 2. The summed E-state index contributed by atoms with van der Waals surface area (Å²) in [4.78, 5) is 11.1. The van der Waals surface area contributed by atoms with Crippen molar-refractivity contribution in [3.05, 3.63) is 0 Å². The van der Waals surface area contributed by atoms with E-state index in [4.69, 9.17) is 9.47 Å². The molecule has 1 amide bonds. The fourth-order valence-electron chi connectivity index (χ4n) is 1.28. The standard InChI is InChI=1S/C9H17NO3/c1-2-12-7-9(11)10-6-8-4-3-5-13-8/h8H,2-7H2,1H3,(H,10,11). The summed E-state index contributed by atoms with van der Waals surface area (Å²) in [5.41, 5.74) is 0. The Morgan fingerprint density at radius 1 is 1.69 bits per heavy atom. The molecule has 0 spiro atoms. The molecule has 1 heterocycles. The van der Waals surface area contributed by atoms with Gasteiger partial charge < -0.3 is 14.8 Å². The van der Waals surface area contributed by atoms with E-state index < -0.39 is 0 Å². The van der Waals surface area contributed by atoms with Crippen LogP contribution in [0.15, 0.2) is 0 Å². The number of hydrogen-bond acceptors (Lipinski definition) is 3. The van der Waals surface area contributed by atoms with Crippen LogP contribution in [0.1, 0.15) is 19.8 Å². The van der Waals surface area contributed by atoms with Gasteiger partial charge in [0.15, 0.2) is 0 Å². The maximum Gasteiger partial charge on any atom is 0.246 e. The average molecular weight is 187 g/mol. The van der Waals surface area contributed by atoms with Crippen molar-refractivity contribution in [2.75, 3.05) is 26.4 Å². The lowest BCUT2D eigenvalue weighted by atomic mass is 10.2. The van der Waals surface area contributed by atoms with Crippen molar-refractivity contribution < 1.29 is 14.3 Å². The summed E-state index contributed by atoms with van der Waals surface area (Å²) in [7, 11) is 0. The lowest BCUT2D eigenvalue weighted by Crippen LogP contribution is -2.34. The van der Waals surface area contributed by atoms with Gasteiger partial charge in [-0.05, 0) is 19.8 Å². The van der Waals surface area contributed by atoms with Crippen LogP contribution in [-0.2, 0) is 14.3 Å². The molecule has 1 aliphatic rings. The van der Waals surface area contributed by atoms with Crippen molar-refractivity contribution in [2.24, 2.45) is 0 Å². The molecule has 1 atom stereocenters. The first-order valence-corrected chi connectivity index (χ1v) is 4.79. The highest BCUT2D eigenvalue weighted by molar-refractivity contribution is 5.77. The summed E-state index contributed by atoms with van der Waals surface area (Å²) >= 11 is 0. The molecule has 0 saturated carbocycles. The summed E-state index contributed by atoms with van der Waals surface area (Å²) in [6.45, 7) is 4.04. The zero-order chi connectivity index (χ0) is 9.52. The summed E-state index contributed by atoms with van der Waals surface area (Å²) in [6.07, 6.45) is 2.37. The Morgan fingerprint density at radius 2 is 2.54 bits per heavy atom. The second-order valence-electron chi connectivity index (χ2n) is 3.08. The first-order valence-electron chi connectivity index (χ1n) is 4.79. The molecule has 0 aliphatic carbocycles. The minimum atomic E-state index is -0.0580. The van der Waals surface area contributed by atoms with Gasteiger partial charge in [0.2, 0.25) is 5.91 Å². The van der Waals surface area contributed by atoms with Gasteiger partial charge in [-0.15, -0.1) is 0 Å². The number of rotatable bonds is 5. The molecule has 4 heteroatoms. The van der Waals surface area contributed by atoms with Crippen molar-refractivity contribution in [3.8, 4) is 0 Å². The van der Waals surface area contributed by atoms with Crippen LogP contribution in [0.25, 0.3) is 0 Å². The molecule has 4 nitrogen and oxygen atoms in total. The number of carbonyl (C=O) groups is 1. The van der Waals surface area contributed by atoms with Crippen LogP contribution in [0.2, 0.25) is 0 Å². The summed E-state index contributed by atoms with van der Waals surface area (Å²) < 4.78 is 10.3. The summed E-state index contributed by atoms with van der Waals surface area (Å²) in [5, 5.41) is 2.77. The molecule has 0 radical (unpaired) electrons. The van der Waals surface area contributed by atoms with Gasteiger partial charge in [-0.2, -0.15) is 0 Å². The van der Waals surface area contributed by atoms with E-state index in [0.29, 0.717) is 13.2 Å². The van der Waals surface area contributed by atoms with Crippen molar-refractivity contribution in [1.82, 2.24) is 5.32 Å². The monoisotopic (exact) mass is 187 g/mol. The first kappa shape index (κ1) is 10.5. The molecule has 1 fully saturated rings. The molecular weight excluding hydrogens is 170 g/mol. The van der Waals surface area contributed by atoms with Crippen molar-refractivity contribution in [1.29, 1.82) is 0 Å². The highest BCUT2D eigenvalue weighted by Gasteiger charge is 2.15. The maximum absolute atomic E-state index is 11.1. The molecular formula is C9H17NO3. The number of carbonyl (C=O) groups excluding carboxylic acids is 1. The topological polar surface area (TPSA) is 47.6 Å². The van der Waals surface area contributed by atoms with Gasteiger partial charge in [-0.1, -0.05) is 0 Å². The fourth-order valence-corrected chi connectivity index (χ4v) is 1.28. The van der Waals surface area contributed by atoms with Crippen LogP contribution in [0.5, 0.6) is 0 Å². The Kier molecular flexibility index (Phi) is 4.78. The zero-order valence-corrected chi connectivity index (χ0v) is 8.04. The van der Waals surface area contributed by atoms with E-state index >= 15 is 0 Å². The Labute approximate surface area is 78.6 Å². The average Bonchev–Trinajstić information content (AvgIpc) is 2.64. The molecule has 1 unspecified atom stereocenters. The van der Waals surface area contributed by atoms with E-state index in [0.717, 1.165) is 19.4 Å². The third-order valence-corrected chi connectivity index (χ3v) is 1.99. The van der Waals surface area contributed by atoms with Crippen molar-refractivity contribution in [3.63, 3.8) is 0 Å². The van der Waals surface area contributed by atoms with Crippen molar-refractivity contribution >= 4 is 5.91 Å². The quantitative estimate of drug-likeness (QED) is 0.674. The van der Waals surface area contributed by atoms with Crippen LogP contribution < -0.4 is 5.32 Å². The molecule has 1 saturated heterocycles. The molecule has 13 heavy (non-hydrogen) atoms. The van der Waals surface area contributed by atoms with Crippen molar-refractivity contribution in [2.45, 2.75) is 25.9 Å². The molecule has 76 valence electrons. The number of hydrogen-bond donors (Lipinski definition) is 1. The molecule has 1 N–H and O–H groups in total. The van der Waals surface area contributed by atoms with Gasteiger partial charge in [0.25, 0.3) is 0 Å². The Hall–Kier alpha value is -0.610. The molecule has 0 bridgehead atoms.